The molecular weight excluding hydrogens is 425 g/mol. The van der Waals surface area contributed by atoms with Crippen LogP contribution in [-0.4, -0.2) is 47.8 Å². The average molecular weight is 445 g/mol. The predicted molar refractivity (Wildman–Crippen MR) is 108 cm³/mol. The molecule has 1 fully saturated rings. The molecule has 1 aliphatic rings. The average Bonchev–Trinajstić information content (AvgIpc) is 3.33. The number of aromatic nitrogens is 5. The largest absolute Gasteiger partial charge is 0.433 e. The maximum atomic E-state index is 13.0. The Morgan fingerprint density at radius 1 is 1.28 bits per heavy atom. The van der Waals surface area contributed by atoms with Gasteiger partial charge in [0.2, 0.25) is 5.78 Å². The fourth-order valence-electron chi connectivity index (χ4n) is 3.65. The molecule has 3 heterocycles. The van der Waals surface area contributed by atoms with E-state index in [4.69, 9.17) is 0 Å². The van der Waals surface area contributed by atoms with Crippen LogP contribution in [0.5, 0.6) is 0 Å². The number of alkyl halides is 3. The van der Waals surface area contributed by atoms with Gasteiger partial charge in [-0.2, -0.15) is 18.3 Å². The first kappa shape index (κ1) is 21.9. The van der Waals surface area contributed by atoms with E-state index in [-0.39, 0.29) is 29.8 Å². The van der Waals surface area contributed by atoms with E-state index in [1.807, 2.05) is 0 Å². The number of rotatable bonds is 6. The van der Waals surface area contributed by atoms with Crippen molar-refractivity contribution in [1.29, 1.82) is 0 Å². The van der Waals surface area contributed by atoms with Gasteiger partial charge in [0, 0.05) is 24.6 Å². The van der Waals surface area contributed by atoms with Gasteiger partial charge in [0.1, 0.15) is 23.5 Å². The summed E-state index contributed by atoms with van der Waals surface area (Å²) >= 11 is 0. The molecule has 0 bridgehead atoms. The number of carbonyl (C=O) groups is 1. The lowest BCUT2D eigenvalue weighted by Gasteiger charge is -2.14. The highest BCUT2D eigenvalue weighted by Gasteiger charge is 2.33. The molecule has 3 aromatic heterocycles. The molecule has 8 nitrogen and oxygen atoms in total. The van der Waals surface area contributed by atoms with Crippen LogP contribution in [0.25, 0.3) is 0 Å². The van der Waals surface area contributed by atoms with E-state index < -0.39 is 23.8 Å². The smallest absolute Gasteiger partial charge is 0.393 e. The second kappa shape index (κ2) is 8.65. The van der Waals surface area contributed by atoms with Crippen LogP contribution in [-0.2, 0) is 12.7 Å². The Balaban J connectivity index is 1.50. The maximum Gasteiger partial charge on any atom is 0.433 e. The van der Waals surface area contributed by atoms with Crippen LogP contribution in [0, 0.1) is 12.8 Å². The Kier molecular flexibility index (Phi) is 5.92. The number of carbonyl (C=O) groups excluding carboxylic acids is 1. The van der Waals surface area contributed by atoms with Gasteiger partial charge in [-0.05, 0) is 49.4 Å². The Labute approximate surface area is 181 Å². The topological polar surface area (TPSA) is 106 Å². The number of aliphatic hydroxyl groups is 1. The summed E-state index contributed by atoms with van der Waals surface area (Å²) in [6, 6.07) is 3.80. The van der Waals surface area contributed by atoms with Gasteiger partial charge in [0.25, 0.3) is 0 Å². The molecule has 0 aliphatic heterocycles. The van der Waals surface area contributed by atoms with Gasteiger partial charge >= 0.3 is 6.18 Å². The van der Waals surface area contributed by atoms with Crippen LogP contribution in [0.2, 0.25) is 0 Å². The number of hydrogen-bond donors (Lipinski definition) is 2. The molecular formula is C21H20F3N6O2. The van der Waals surface area contributed by atoms with Crippen LogP contribution in [0.1, 0.15) is 40.2 Å². The van der Waals surface area contributed by atoms with Gasteiger partial charge in [-0.1, -0.05) is 0 Å². The van der Waals surface area contributed by atoms with E-state index in [0.717, 1.165) is 12.3 Å². The van der Waals surface area contributed by atoms with Gasteiger partial charge in [-0.15, -0.1) is 0 Å². The molecule has 0 amide bonds. The summed E-state index contributed by atoms with van der Waals surface area (Å²) in [5, 5.41) is 17.3. The summed E-state index contributed by atoms with van der Waals surface area (Å²) in [7, 11) is 0. The highest BCUT2D eigenvalue weighted by atomic mass is 19.4. The lowest BCUT2D eigenvalue weighted by Crippen LogP contribution is -2.20. The molecule has 0 spiro atoms. The lowest BCUT2D eigenvalue weighted by molar-refractivity contribution is -0.141. The van der Waals surface area contributed by atoms with E-state index in [9.17, 15) is 23.1 Å². The van der Waals surface area contributed by atoms with Crippen molar-refractivity contribution in [1.82, 2.24) is 24.7 Å². The third kappa shape index (κ3) is 4.77. The van der Waals surface area contributed by atoms with E-state index in [1.54, 1.807) is 0 Å². The molecule has 1 aliphatic carbocycles. The molecule has 0 saturated heterocycles. The number of aliphatic hydroxyl groups excluding tert-OH is 1. The van der Waals surface area contributed by atoms with Crippen LogP contribution >= 0.6 is 0 Å². The SMILES string of the molecule is [CH2][C@@H]1C[C@@H](Nc2ncncc2C(=O)c2ccn(Cc3ccnc(C(F)(F)F)c3)n2)C[C@@H]1O. The number of ketones is 1. The molecule has 167 valence electrons. The third-order valence-corrected chi connectivity index (χ3v) is 5.29. The molecule has 3 aromatic rings. The van der Waals surface area contributed by atoms with E-state index in [1.165, 1.54) is 35.5 Å². The molecule has 0 unspecified atom stereocenters. The summed E-state index contributed by atoms with van der Waals surface area (Å²) in [4.78, 5) is 24.4. The molecule has 32 heavy (non-hydrogen) atoms. The van der Waals surface area contributed by atoms with Gasteiger partial charge in [0.05, 0.1) is 18.2 Å². The Bertz CT molecular complexity index is 1110. The fraction of sp³-hybridized carbons (Fsp3) is 0.333. The molecule has 4 rings (SSSR count). The second-order valence-electron chi connectivity index (χ2n) is 7.70. The first-order valence-electron chi connectivity index (χ1n) is 9.88. The number of nitrogens with zero attached hydrogens (tertiary/aromatic N) is 5. The van der Waals surface area contributed by atoms with Crippen LogP contribution in [0.15, 0.2) is 43.1 Å². The first-order chi connectivity index (χ1) is 15.2. The summed E-state index contributed by atoms with van der Waals surface area (Å²) in [5.41, 5.74) is -0.322. The van der Waals surface area contributed by atoms with Crippen LogP contribution in [0.3, 0.4) is 0 Å². The van der Waals surface area contributed by atoms with Crippen molar-refractivity contribution in [2.75, 3.05) is 5.32 Å². The number of anilines is 1. The Hall–Kier alpha value is -3.34. The van der Waals surface area contributed by atoms with E-state index >= 15 is 0 Å². The monoisotopic (exact) mass is 445 g/mol. The zero-order valence-electron chi connectivity index (χ0n) is 16.8. The minimum absolute atomic E-state index is 0.0418. The van der Waals surface area contributed by atoms with Crippen LogP contribution < -0.4 is 5.32 Å². The van der Waals surface area contributed by atoms with Crippen molar-refractivity contribution in [3.05, 3.63) is 72.6 Å². The van der Waals surface area contributed by atoms with Crippen molar-refractivity contribution in [3.63, 3.8) is 0 Å². The predicted octanol–water partition coefficient (Wildman–Crippen LogP) is 2.75. The number of nitrogens with one attached hydrogen (secondary N) is 1. The normalized spacial score (nSPS) is 21.0. The van der Waals surface area contributed by atoms with Crippen molar-refractivity contribution in [2.45, 2.75) is 37.7 Å². The van der Waals surface area contributed by atoms with Crippen molar-refractivity contribution < 1.29 is 23.1 Å². The van der Waals surface area contributed by atoms with Crippen molar-refractivity contribution in [3.8, 4) is 0 Å². The van der Waals surface area contributed by atoms with E-state index in [2.05, 4.69) is 32.3 Å². The number of hydrogen-bond acceptors (Lipinski definition) is 7. The number of pyridine rings is 1. The Morgan fingerprint density at radius 2 is 2.09 bits per heavy atom. The molecule has 0 aromatic carbocycles. The highest BCUT2D eigenvalue weighted by molar-refractivity contribution is 6.10. The minimum atomic E-state index is -4.54. The summed E-state index contributed by atoms with van der Waals surface area (Å²) in [6.45, 7) is 3.94. The quantitative estimate of drug-likeness (QED) is 0.562. The number of halogens is 3. The fourth-order valence-corrected chi connectivity index (χ4v) is 3.65. The third-order valence-electron chi connectivity index (χ3n) is 5.29. The van der Waals surface area contributed by atoms with E-state index in [0.29, 0.717) is 24.2 Å². The highest BCUT2D eigenvalue weighted by Crippen LogP contribution is 2.29. The second-order valence-corrected chi connectivity index (χ2v) is 7.70. The molecule has 1 radical (unpaired) electrons. The molecule has 11 heteroatoms. The van der Waals surface area contributed by atoms with Gasteiger partial charge < -0.3 is 10.4 Å². The summed E-state index contributed by atoms with van der Waals surface area (Å²) in [5.74, 6) is -0.202. The maximum absolute atomic E-state index is 13.0. The van der Waals surface area contributed by atoms with Gasteiger partial charge in [0.15, 0.2) is 0 Å². The first-order valence-corrected chi connectivity index (χ1v) is 9.88. The van der Waals surface area contributed by atoms with Crippen molar-refractivity contribution in [2.24, 2.45) is 5.92 Å². The summed E-state index contributed by atoms with van der Waals surface area (Å²) < 4.78 is 40.0. The zero-order chi connectivity index (χ0) is 22.9. The minimum Gasteiger partial charge on any atom is -0.393 e. The molecule has 3 atom stereocenters. The molecule has 1 saturated carbocycles. The standard InChI is InChI=1S/C21H20F3N6O2/c1-12-6-14(8-17(12)31)28-20-15(9-25-11-27-20)19(32)16-3-5-30(29-16)10-13-2-4-26-18(7-13)21(22,23)24/h2-5,7,9,11-12,14,17,31H,1,6,8,10H2,(H,25,27,28)/t12-,14-,17+/m1/s1. The van der Waals surface area contributed by atoms with Crippen molar-refractivity contribution >= 4 is 11.6 Å². The zero-order valence-corrected chi connectivity index (χ0v) is 16.8. The Morgan fingerprint density at radius 3 is 2.81 bits per heavy atom. The van der Waals surface area contributed by atoms with Gasteiger partial charge in [-0.25, -0.2) is 9.97 Å². The van der Waals surface area contributed by atoms with Gasteiger partial charge in [-0.3, -0.25) is 14.5 Å². The molecule has 2 N–H and O–H groups in total. The lowest BCUT2D eigenvalue weighted by atomic mass is 10.1. The van der Waals surface area contributed by atoms with Crippen LogP contribution in [0.4, 0.5) is 19.0 Å². The summed E-state index contributed by atoms with van der Waals surface area (Å²) in [6.07, 6.45) is 1.36.